The zero-order chi connectivity index (χ0) is 20.8. The maximum atomic E-state index is 12.9. The maximum absolute atomic E-state index is 12.9. The van der Waals surface area contributed by atoms with Crippen molar-refractivity contribution >= 4 is 17.5 Å². The third kappa shape index (κ3) is 6.68. The molecule has 1 saturated carbocycles. The van der Waals surface area contributed by atoms with Crippen LogP contribution in [0.4, 0.5) is 10.1 Å². The monoisotopic (exact) mass is 398 g/mol. The predicted molar refractivity (Wildman–Crippen MR) is 111 cm³/mol. The van der Waals surface area contributed by atoms with E-state index in [4.69, 9.17) is 0 Å². The molecule has 1 aliphatic carbocycles. The molecule has 0 aromatic heterocycles. The number of benzene rings is 2. The van der Waals surface area contributed by atoms with Gasteiger partial charge in [0, 0.05) is 24.1 Å². The zero-order valence-corrected chi connectivity index (χ0v) is 17.0. The molecule has 0 spiro atoms. The molecule has 154 valence electrons. The maximum Gasteiger partial charge on any atom is 0.275 e. The van der Waals surface area contributed by atoms with Gasteiger partial charge < -0.3 is 15.5 Å². The van der Waals surface area contributed by atoms with Crippen molar-refractivity contribution in [1.29, 1.82) is 0 Å². The summed E-state index contributed by atoms with van der Waals surface area (Å²) in [5.41, 5.74) is 3.03. The van der Waals surface area contributed by atoms with Crippen molar-refractivity contribution in [3.05, 3.63) is 65.5 Å². The molecular weight excluding hydrogens is 369 g/mol. The summed E-state index contributed by atoms with van der Waals surface area (Å²) >= 11 is 0. The van der Waals surface area contributed by atoms with E-state index in [1.807, 2.05) is 0 Å². The van der Waals surface area contributed by atoms with E-state index in [0.29, 0.717) is 24.2 Å². The van der Waals surface area contributed by atoms with E-state index in [-0.39, 0.29) is 24.2 Å². The van der Waals surface area contributed by atoms with Gasteiger partial charge in [0.1, 0.15) is 12.4 Å². The van der Waals surface area contributed by atoms with Crippen molar-refractivity contribution in [2.45, 2.75) is 45.2 Å². The van der Waals surface area contributed by atoms with Crippen molar-refractivity contribution < 1.29 is 18.9 Å². The van der Waals surface area contributed by atoms with E-state index in [0.717, 1.165) is 19.4 Å². The second kappa shape index (κ2) is 9.65. The number of amides is 2. The zero-order valence-electron chi connectivity index (χ0n) is 17.0. The Morgan fingerprint density at radius 3 is 2.28 bits per heavy atom. The average Bonchev–Trinajstić information content (AvgIpc) is 3.53. The highest BCUT2D eigenvalue weighted by molar-refractivity contribution is 5.94. The van der Waals surface area contributed by atoms with E-state index in [1.165, 1.54) is 40.3 Å². The molecule has 2 aromatic rings. The molecule has 0 aliphatic heterocycles. The number of halogens is 1. The Balaban J connectivity index is 1.47. The topological polar surface area (TPSA) is 62.6 Å². The molecule has 0 radical (unpaired) electrons. The first-order valence-electron chi connectivity index (χ1n) is 10.2. The number of carbonyl (C=O) groups excluding carboxylic acids is 2. The lowest BCUT2D eigenvalue weighted by atomic mass is 10.0. The summed E-state index contributed by atoms with van der Waals surface area (Å²) in [5.74, 6) is -0.330. The van der Waals surface area contributed by atoms with E-state index in [2.05, 4.69) is 48.7 Å². The van der Waals surface area contributed by atoms with Crippen LogP contribution in [0.25, 0.3) is 0 Å². The molecular formula is C23H29FN3O2+. The SMILES string of the molecule is CC(C)c1ccc(C[NH+](CC(=O)NCC(=O)Nc2ccc(F)cc2)C2CC2)cc1. The van der Waals surface area contributed by atoms with E-state index in [9.17, 15) is 14.0 Å². The molecule has 0 saturated heterocycles. The minimum atomic E-state index is -0.363. The van der Waals surface area contributed by atoms with Crippen LogP contribution < -0.4 is 15.5 Å². The highest BCUT2D eigenvalue weighted by atomic mass is 19.1. The first kappa shape index (κ1) is 21.0. The van der Waals surface area contributed by atoms with Crippen LogP contribution in [-0.4, -0.2) is 30.9 Å². The second-order valence-electron chi connectivity index (χ2n) is 8.01. The molecule has 1 unspecified atom stereocenters. The molecule has 29 heavy (non-hydrogen) atoms. The summed E-state index contributed by atoms with van der Waals surface area (Å²) in [6, 6.07) is 14.6. The lowest BCUT2D eigenvalue weighted by Crippen LogP contribution is -3.13. The van der Waals surface area contributed by atoms with Gasteiger partial charge in [0.25, 0.3) is 5.91 Å². The van der Waals surface area contributed by atoms with Crippen LogP contribution in [-0.2, 0) is 16.1 Å². The minimum absolute atomic E-state index is 0.1000. The summed E-state index contributed by atoms with van der Waals surface area (Å²) in [7, 11) is 0. The van der Waals surface area contributed by atoms with Gasteiger partial charge in [0.05, 0.1) is 12.6 Å². The molecule has 2 amide bonds. The Morgan fingerprint density at radius 1 is 1.03 bits per heavy atom. The third-order valence-electron chi connectivity index (χ3n) is 5.19. The quantitative estimate of drug-likeness (QED) is 0.607. The van der Waals surface area contributed by atoms with Crippen LogP contribution in [0.5, 0.6) is 0 Å². The van der Waals surface area contributed by atoms with Crippen molar-refractivity contribution in [3.8, 4) is 0 Å². The number of hydrogen-bond donors (Lipinski definition) is 3. The fraction of sp³-hybridized carbons (Fsp3) is 0.391. The highest BCUT2D eigenvalue weighted by Crippen LogP contribution is 2.17. The molecule has 6 heteroatoms. The Morgan fingerprint density at radius 2 is 1.69 bits per heavy atom. The Bertz CT molecular complexity index is 830. The Kier molecular flexibility index (Phi) is 6.99. The summed E-state index contributed by atoms with van der Waals surface area (Å²) in [5, 5.41) is 5.33. The molecule has 3 N–H and O–H groups in total. The van der Waals surface area contributed by atoms with Gasteiger partial charge >= 0.3 is 0 Å². The smallest absolute Gasteiger partial charge is 0.275 e. The number of nitrogens with one attached hydrogen (secondary N) is 3. The van der Waals surface area contributed by atoms with Gasteiger partial charge in [-0.3, -0.25) is 9.59 Å². The average molecular weight is 399 g/mol. The van der Waals surface area contributed by atoms with E-state index < -0.39 is 0 Å². The molecule has 3 rings (SSSR count). The number of rotatable bonds is 9. The molecule has 0 bridgehead atoms. The fourth-order valence-corrected chi connectivity index (χ4v) is 3.31. The Hall–Kier alpha value is -2.73. The van der Waals surface area contributed by atoms with Crippen LogP contribution in [0.1, 0.15) is 43.7 Å². The first-order valence-corrected chi connectivity index (χ1v) is 10.2. The predicted octanol–water partition coefficient (Wildman–Crippen LogP) is 2.25. The van der Waals surface area contributed by atoms with Gasteiger partial charge in [-0.1, -0.05) is 38.1 Å². The second-order valence-corrected chi connectivity index (χ2v) is 8.01. The lowest BCUT2D eigenvalue weighted by Gasteiger charge is -2.19. The number of quaternary nitrogens is 1. The summed E-state index contributed by atoms with van der Waals surface area (Å²) in [6.45, 7) is 5.40. The van der Waals surface area contributed by atoms with Crippen LogP contribution in [0, 0.1) is 5.82 Å². The number of hydrogen-bond acceptors (Lipinski definition) is 2. The molecule has 1 aliphatic rings. The van der Waals surface area contributed by atoms with Crippen LogP contribution in [0.15, 0.2) is 48.5 Å². The molecule has 1 fully saturated rings. The Labute approximate surface area is 171 Å². The summed E-state index contributed by atoms with van der Waals surface area (Å²) in [4.78, 5) is 25.6. The fourth-order valence-electron chi connectivity index (χ4n) is 3.31. The van der Waals surface area contributed by atoms with Gasteiger partial charge in [-0.15, -0.1) is 0 Å². The van der Waals surface area contributed by atoms with Gasteiger partial charge in [-0.2, -0.15) is 0 Å². The molecule has 5 nitrogen and oxygen atoms in total. The van der Waals surface area contributed by atoms with E-state index >= 15 is 0 Å². The summed E-state index contributed by atoms with van der Waals surface area (Å²) < 4.78 is 12.9. The van der Waals surface area contributed by atoms with Gasteiger partial charge in [-0.25, -0.2) is 4.39 Å². The van der Waals surface area contributed by atoms with Crippen LogP contribution in [0.2, 0.25) is 0 Å². The van der Waals surface area contributed by atoms with Crippen molar-refractivity contribution in [2.24, 2.45) is 0 Å². The van der Waals surface area contributed by atoms with Gasteiger partial charge in [-0.05, 0) is 35.7 Å². The molecule has 1 atom stereocenters. The van der Waals surface area contributed by atoms with Crippen molar-refractivity contribution in [3.63, 3.8) is 0 Å². The van der Waals surface area contributed by atoms with Crippen LogP contribution in [0.3, 0.4) is 0 Å². The van der Waals surface area contributed by atoms with Crippen LogP contribution >= 0.6 is 0 Å². The molecule has 2 aromatic carbocycles. The third-order valence-corrected chi connectivity index (χ3v) is 5.19. The standard InChI is InChI=1S/C23H28FN3O2/c1-16(2)18-5-3-17(4-6-18)14-27(21-11-12-21)15-23(29)25-13-22(28)26-20-9-7-19(24)8-10-20/h3-10,16,21H,11-15H2,1-2H3,(H,25,29)(H,26,28)/p+1. The highest BCUT2D eigenvalue weighted by Gasteiger charge is 2.34. The van der Waals surface area contributed by atoms with Gasteiger partial charge in [0.15, 0.2) is 6.54 Å². The van der Waals surface area contributed by atoms with Gasteiger partial charge in [0.2, 0.25) is 5.91 Å². The number of anilines is 1. The lowest BCUT2D eigenvalue weighted by molar-refractivity contribution is -0.917. The largest absolute Gasteiger partial charge is 0.342 e. The van der Waals surface area contributed by atoms with E-state index in [1.54, 1.807) is 0 Å². The molecule has 0 heterocycles. The van der Waals surface area contributed by atoms with Crippen molar-refractivity contribution in [2.75, 3.05) is 18.4 Å². The normalized spacial score (nSPS) is 14.5. The number of carbonyl (C=O) groups is 2. The van der Waals surface area contributed by atoms with Crippen molar-refractivity contribution in [1.82, 2.24) is 5.32 Å². The first-order chi connectivity index (χ1) is 13.9. The summed E-state index contributed by atoms with van der Waals surface area (Å²) in [6.07, 6.45) is 2.27. The minimum Gasteiger partial charge on any atom is -0.342 e.